The summed E-state index contributed by atoms with van der Waals surface area (Å²) in [6.45, 7) is 4.02. The molecular weight excluding hydrogens is 204 g/mol. The van der Waals surface area contributed by atoms with Gasteiger partial charge in [0.2, 0.25) is 5.91 Å². The second-order valence-corrected chi connectivity index (χ2v) is 3.84. The van der Waals surface area contributed by atoms with Crippen LogP contribution in [-0.4, -0.2) is 21.5 Å². The number of carbonyl (C=O) groups excluding carboxylic acids is 1. The van der Waals surface area contributed by atoms with E-state index in [2.05, 4.69) is 10.3 Å². The third-order valence-electron chi connectivity index (χ3n) is 2.52. The number of hydrogen-bond acceptors (Lipinski definition) is 3. The Bertz CT molecular complexity index is 310. The third kappa shape index (κ3) is 3.34. The Morgan fingerprint density at radius 2 is 2.31 bits per heavy atom. The molecular formula is C11H20N4O. The molecule has 2 atom stereocenters. The highest BCUT2D eigenvalue weighted by Gasteiger charge is 2.16. The smallest absolute Gasteiger partial charge is 0.238 e. The molecule has 0 saturated carbocycles. The van der Waals surface area contributed by atoms with Gasteiger partial charge in [0.15, 0.2) is 0 Å². The van der Waals surface area contributed by atoms with Crippen molar-refractivity contribution in [3.63, 3.8) is 0 Å². The summed E-state index contributed by atoms with van der Waals surface area (Å²) in [6.07, 6.45) is 7.60. The molecule has 0 fully saturated rings. The van der Waals surface area contributed by atoms with Crippen molar-refractivity contribution >= 4 is 5.91 Å². The first kappa shape index (κ1) is 12.7. The van der Waals surface area contributed by atoms with Gasteiger partial charge in [-0.05, 0) is 12.8 Å². The molecule has 5 heteroatoms. The van der Waals surface area contributed by atoms with Crippen LogP contribution in [0.25, 0.3) is 0 Å². The van der Waals surface area contributed by atoms with Crippen molar-refractivity contribution in [3.05, 3.63) is 18.7 Å². The number of hydrogen-bond donors (Lipinski definition) is 2. The van der Waals surface area contributed by atoms with Crippen molar-refractivity contribution in [2.75, 3.05) is 0 Å². The maximum Gasteiger partial charge on any atom is 0.238 e. The lowest BCUT2D eigenvalue weighted by Crippen LogP contribution is -2.43. The predicted octanol–water partition coefficient (Wildman–Crippen LogP) is 1.04. The standard InChI is InChI=1S/C11H20N4O/c1-3-5-9(12)11(16)14-10(4-2)15-7-6-13-8-15/h6-10H,3-5,12H2,1-2H3,(H,14,16). The molecule has 0 aliphatic heterocycles. The quantitative estimate of drug-likeness (QED) is 0.758. The Kier molecular flexibility index (Phi) is 4.98. The van der Waals surface area contributed by atoms with Crippen LogP contribution in [0.5, 0.6) is 0 Å². The zero-order valence-corrected chi connectivity index (χ0v) is 9.89. The maximum absolute atomic E-state index is 11.7. The summed E-state index contributed by atoms with van der Waals surface area (Å²) in [5, 5.41) is 2.91. The maximum atomic E-state index is 11.7. The van der Waals surface area contributed by atoms with Gasteiger partial charge in [0.05, 0.1) is 12.4 Å². The lowest BCUT2D eigenvalue weighted by molar-refractivity contribution is -0.123. The van der Waals surface area contributed by atoms with Gasteiger partial charge in [-0.1, -0.05) is 20.3 Å². The van der Waals surface area contributed by atoms with Crippen LogP contribution in [0.2, 0.25) is 0 Å². The summed E-state index contributed by atoms with van der Waals surface area (Å²) < 4.78 is 1.87. The summed E-state index contributed by atoms with van der Waals surface area (Å²) in [4.78, 5) is 15.7. The third-order valence-corrected chi connectivity index (χ3v) is 2.52. The molecule has 0 aliphatic rings. The topological polar surface area (TPSA) is 72.9 Å². The first-order chi connectivity index (χ1) is 7.69. The molecule has 0 saturated heterocycles. The van der Waals surface area contributed by atoms with Crippen molar-refractivity contribution in [1.29, 1.82) is 0 Å². The molecule has 0 aliphatic carbocycles. The van der Waals surface area contributed by atoms with Gasteiger partial charge in [-0.3, -0.25) is 4.79 Å². The van der Waals surface area contributed by atoms with Gasteiger partial charge in [-0.2, -0.15) is 0 Å². The van der Waals surface area contributed by atoms with E-state index in [4.69, 9.17) is 5.73 Å². The van der Waals surface area contributed by atoms with Crippen LogP contribution in [0.3, 0.4) is 0 Å². The Hall–Kier alpha value is -1.36. The number of aromatic nitrogens is 2. The summed E-state index contributed by atoms with van der Waals surface area (Å²) in [6, 6.07) is -0.414. The second-order valence-electron chi connectivity index (χ2n) is 3.84. The summed E-state index contributed by atoms with van der Waals surface area (Å²) >= 11 is 0. The van der Waals surface area contributed by atoms with Gasteiger partial charge in [-0.25, -0.2) is 4.98 Å². The van der Waals surface area contributed by atoms with Gasteiger partial charge in [0.1, 0.15) is 6.17 Å². The molecule has 0 radical (unpaired) electrons. The van der Waals surface area contributed by atoms with E-state index in [1.165, 1.54) is 0 Å². The largest absolute Gasteiger partial charge is 0.334 e. The average molecular weight is 224 g/mol. The molecule has 0 bridgehead atoms. The van der Waals surface area contributed by atoms with Gasteiger partial charge in [0.25, 0.3) is 0 Å². The monoisotopic (exact) mass is 224 g/mol. The number of amides is 1. The number of nitrogens with one attached hydrogen (secondary N) is 1. The Morgan fingerprint density at radius 3 is 2.81 bits per heavy atom. The van der Waals surface area contributed by atoms with E-state index in [1.54, 1.807) is 12.5 Å². The minimum atomic E-state index is -0.414. The minimum absolute atomic E-state index is 0.0575. The molecule has 1 aromatic rings. The first-order valence-electron chi connectivity index (χ1n) is 5.72. The normalized spacial score (nSPS) is 14.4. The number of rotatable bonds is 6. The van der Waals surface area contributed by atoms with Crippen molar-refractivity contribution in [1.82, 2.24) is 14.9 Å². The van der Waals surface area contributed by atoms with Crippen LogP contribution in [0, 0.1) is 0 Å². The predicted molar refractivity (Wildman–Crippen MR) is 62.6 cm³/mol. The second kappa shape index (κ2) is 6.27. The van der Waals surface area contributed by atoms with Crippen molar-refractivity contribution in [2.24, 2.45) is 5.73 Å². The Labute approximate surface area is 96.0 Å². The first-order valence-corrected chi connectivity index (χ1v) is 5.72. The molecule has 90 valence electrons. The minimum Gasteiger partial charge on any atom is -0.334 e. The molecule has 16 heavy (non-hydrogen) atoms. The van der Waals surface area contributed by atoms with Crippen LogP contribution in [0.4, 0.5) is 0 Å². The lowest BCUT2D eigenvalue weighted by atomic mass is 10.1. The van der Waals surface area contributed by atoms with E-state index in [1.807, 2.05) is 24.6 Å². The number of carbonyl (C=O) groups is 1. The van der Waals surface area contributed by atoms with Crippen LogP contribution in [-0.2, 0) is 4.79 Å². The highest BCUT2D eigenvalue weighted by atomic mass is 16.2. The number of nitrogens with two attached hydrogens (primary N) is 1. The summed E-state index contributed by atoms with van der Waals surface area (Å²) in [5.74, 6) is -0.0950. The van der Waals surface area contributed by atoms with Gasteiger partial charge >= 0.3 is 0 Å². The summed E-state index contributed by atoms with van der Waals surface area (Å²) in [7, 11) is 0. The molecule has 0 spiro atoms. The molecule has 2 unspecified atom stereocenters. The fraction of sp³-hybridized carbons (Fsp3) is 0.636. The van der Waals surface area contributed by atoms with Gasteiger partial charge in [0, 0.05) is 12.4 Å². The van der Waals surface area contributed by atoms with Crippen molar-refractivity contribution in [2.45, 2.75) is 45.3 Å². The van der Waals surface area contributed by atoms with Crippen LogP contribution < -0.4 is 11.1 Å². The van der Waals surface area contributed by atoms with Gasteiger partial charge in [-0.15, -0.1) is 0 Å². The molecule has 1 amide bonds. The van der Waals surface area contributed by atoms with Crippen molar-refractivity contribution < 1.29 is 4.79 Å². The van der Waals surface area contributed by atoms with E-state index < -0.39 is 6.04 Å². The van der Waals surface area contributed by atoms with Crippen LogP contribution in [0.15, 0.2) is 18.7 Å². The zero-order valence-electron chi connectivity index (χ0n) is 9.89. The number of imidazole rings is 1. The molecule has 1 aromatic heterocycles. The van der Waals surface area contributed by atoms with E-state index in [0.29, 0.717) is 6.42 Å². The lowest BCUT2D eigenvalue weighted by Gasteiger charge is -2.20. The van der Waals surface area contributed by atoms with E-state index in [9.17, 15) is 4.79 Å². The van der Waals surface area contributed by atoms with E-state index in [0.717, 1.165) is 12.8 Å². The molecule has 0 aromatic carbocycles. The van der Waals surface area contributed by atoms with Crippen molar-refractivity contribution in [3.8, 4) is 0 Å². The Morgan fingerprint density at radius 1 is 1.56 bits per heavy atom. The van der Waals surface area contributed by atoms with E-state index >= 15 is 0 Å². The highest BCUT2D eigenvalue weighted by molar-refractivity contribution is 5.81. The zero-order chi connectivity index (χ0) is 12.0. The SMILES string of the molecule is CCCC(N)C(=O)NC(CC)n1ccnc1. The molecule has 1 heterocycles. The fourth-order valence-electron chi connectivity index (χ4n) is 1.55. The summed E-state index contributed by atoms with van der Waals surface area (Å²) in [5.41, 5.74) is 5.75. The highest BCUT2D eigenvalue weighted by Crippen LogP contribution is 2.07. The van der Waals surface area contributed by atoms with E-state index in [-0.39, 0.29) is 12.1 Å². The fourth-order valence-corrected chi connectivity index (χ4v) is 1.55. The van der Waals surface area contributed by atoms with Crippen LogP contribution in [0.1, 0.15) is 39.3 Å². The number of nitrogens with zero attached hydrogens (tertiary/aromatic N) is 2. The Balaban J connectivity index is 2.54. The van der Waals surface area contributed by atoms with Gasteiger partial charge < -0.3 is 15.6 Å². The molecule has 5 nitrogen and oxygen atoms in total. The molecule has 3 N–H and O–H groups in total. The average Bonchev–Trinajstić information content (AvgIpc) is 2.79. The van der Waals surface area contributed by atoms with Crippen LogP contribution >= 0.6 is 0 Å². The molecule has 1 rings (SSSR count).